The second-order valence-corrected chi connectivity index (χ2v) is 9.79. The lowest BCUT2D eigenvalue weighted by Gasteiger charge is -2.15. The Kier molecular flexibility index (Phi) is 4.33. The second-order valence-electron chi connectivity index (χ2n) is 6.58. The standard InChI is InChI=1S/C19H18N2O5S2/c1-26-17-9-8-14(27(20,22)23)11-16(17)21-28(24,25)18-10-7-13-6-5-12-3-2-4-15(18)19(12)13/h2-4,7-11,21H,5-6H2,1H3,(H2,20,22,23). The predicted molar refractivity (Wildman–Crippen MR) is 107 cm³/mol. The fourth-order valence-corrected chi connectivity index (χ4v) is 5.40. The number of rotatable bonds is 5. The van der Waals surface area contributed by atoms with Gasteiger partial charge >= 0.3 is 0 Å². The normalized spacial score (nSPS) is 13.6. The van der Waals surface area contributed by atoms with E-state index in [1.807, 2.05) is 18.2 Å². The summed E-state index contributed by atoms with van der Waals surface area (Å²) in [5.74, 6) is 0.182. The van der Waals surface area contributed by atoms with Crippen molar-refractivity contribution in [1.82, 2.24) is 0 Å². The molecule has 0 fully saturated rings. The van der Waals surface area contributed by atoms with E-state index >= 15 is 0 Å². The molecule has 1 aliphatic carbocycles. The van der Waals surface area contributed by atoms with Gasteiger partial charge in [-0.25, -0.2) is 22.0 Å². The maximum Gasteiger partial charge on any atom is 0.262 e. The Bertz CT molecular complexity index is 1310. The number of ether oxygens (including phenoxy) is 1. The quantitative estimate of drug-likeness (QED) is 0.660. The van der Waals surface area contributed by atoms with Crippen molar-refractivity contribution in [2.75, 3.05) is 11.8 Å². The van der Waals surface area contributed by atoms with E-state index in [9.17, 15) is 16.8 Å². The van der Waals surface area contributed by atoms with Gasteiger partial charge in [-0.3, -0.25) is 4.72 Å². The number of methoxy groups -OCH3 is 1. The summed E-state index contributed by atoms with van der Waals surface area (Å²) in [5.41, 5.74) is 2.24. The van der Waals surface area contributed by atoms with Crippen LogP contribution in [0.2, 0.25) is 0 Å². The lowest BCUT2D eigenvalue weighted by molar-refractivity contribution is 0.416. The van der Waals surface area contributed by atoms with E-state index in [0.29, 0.717) is 5.39 Å². The Morgan fingerprint density at radius 3 is 2.36 bits per heavy atom. The predicted octanol–water partition coefficient (Wildman–Crippen LogP) is 2.40. The molecule has 4 rings (SSSR count). The van der Waals surface area contributed by atoms with E-state index in [-0.39, 0.29) is 21.2 Å². The molecule has 0 saturated heterocycles. The van der Waals surface area contributed by atoms with Crippen molar-refractivity contribution >= 4 is 36.5 Å². The molecular formula is C19H18N2O5S2. The van der Waals surface area contributed by atoms with Crippen LogP contribution in [0.25, 0.3) is 10.8 Å². The van der Waals surface area contributed by atoms with Crippen molar-refractivity contribution in [1.29, 1.82) is 0 Å². The van der Waals surface area contributed by atoms with Crippen molar-refractivity contribution in [2.45, 2.75) is 22.6 Å². The minimum Gasteiger partial charge on any atom is -0.495 e. The molecule has 3 aromatic rings. The Balaban J connectivity index is 1.85. The van der Waals surface area contributed by atoms with Gasteiger partial charge in [-0.15, -0.1) is 0 Å². The van der Waals surface area contributed by atoms with Gasteiger partial charge in [0.15, 0.2) is 0 Å². The number of anilines is 1. The summed E-state index contributed by atoms with van der Waals surface area (Å²) in [7, 11) is -6.64. The molecular weight excluding hydrogens is 400 g/mol. The van der Waals surface area contributed by atoms with Crippen LogP contribution in [0.15, 0.2) is 58.3 Å². The average Bonchev–Trinajstić information content (AvgIpc) is 3.06. The highest BCUT2D eigenvalue weighted by atomic mass is 32.2. The highest BCUT2D eigenvalue weighted by molar-refractivity contribution is 7.93. The maximum absolute atomic E-state index is 13.1. The summed E-state index contributed by atoms with van der Waals surface area (Å²) in [4.78, 5) is -0.0931. The first-order valence-corrected chi connectivity index (χ1v) is 11.5. The summed E-state index contributed by atoms with van der Waals surface area (Å²) in [5, 5.41) is 6.77. The van der Waals surface area contributed by atoms with Gasteiger partial charge in [-0.1, -0.05) is 24.3 Å². The lowest BCUT2D eigenvalue weighted by atomic mass is 10.1. The van der Waals surface area contributed by atoms with Crippen molar-refractivity contribution in [3.8, 4) is 5.75 Å². The largest absolute Gasteiger partial charge is 0.495 e. The second kappa shape index (κ2) is 6.47. The van der Waals surface area contributed by atoms with Crippen LogP contribution in [-0.2, 0) is 32.9 Å². The molecule has 146 valence electrons. The van der Waals surface area contributed by atoms with Crippen LogP contribution in [0.3, 0.4) is 0 Å². The SMILES string of the molecule is COc1ccc(S(N)(=O)=O)cc1NS(=O)(=O)c1ccc2c3c(cccc13)CC2. The number of nitrogens with one attached hydrogen (secondary N) is 1. The van der Waals surface area contributed by atoms with Gasteiger partial charge in [0.25, 0.3) is 10.0 Å². The summed E-state index contributed by atoms with van der Waals surface area (Å²) in [6.07, 6.45) is 1.77. The van der Waals surface area contributed by atoms with Crippen LogP contribution in [-0.4, -0.2) is 23.9 Å². The fraction of sp³-hybridized carbons (Fsp3) is 0.158. The zero-order chi connectivity index (χ0) is 20.1. The third kappa shape index (κ3) is 3.11. The number of benzene rings is 3. The number of nitrogens with two attached hydrogens (primary N) is 1. The van der Waals surface area contributed by atoms with Crippen molar-refractivity contribution in [3.05, 3.63) is 59.7 Å². The minimum atomic E-state index is -4.01. The van der Waals surface area contributed by atoms with Gasteiger partial charge < -0.3 is 4.74 Å². The van der Waals surface area contributed by atoms with Crippen molar-refractivity contribution < 1.29 is 21.6 Å². The van der Waals surface area contributed by atoms with Crippen LogP contribution in [0.4, 0.5) is 5.69 Å². The van der Waals surface area contributed by atoms with Gasteiger partial charge in [-0.2, -0.15) is 0 Å². The molecule has 0 bridgehead atoms. The molecule has 0 amide bonds. The molecule has 3 aromatic carbocycles. The molecule has 0 aromatic heterocycles. The van der Waals surface area contributed by atoms with Crippen LogP contribution in [0, 0.1) is 0 Å². The first kappa shape index (κ1) is 18.7. The molecule has 0 aliphatic heterocycles. The van der Waals surface area contributed by atoms with Gasteiger partial charge in [0.05, 0.1) is 22.6 Å². The van der Waals surface area contributed by atoms with Crippen LogP contribution >= 0.6 is 0 Å². The Morgan fingerprint density at radius 2 is 1.68 bits per heavy atom. The average molecular weight is 418 g/mol. The van der Waals surface area contributed by atoms with E-state index in [2.05, 4.69) is 4.72 Å². The van der Waals surface area contributed by atoms with Crippen LogP contribution < -0.4 is 14.6 Å². The molecule has 0 atom stereocenters. The van der Waals surface area contributed by atoms with E-state index in [0.717, 1.165) is 35.4 Å². The highest BCUT2D eigenvalue weighted by Crippen LogP contribution is 2.36. The van der Waals surface area contributed by atoms with Gasteiger partial charge in [-0.05, 0) is 53.6 Å². The van der Waals surface area contributed by atoms with E-state index in [1.165, 1.54) is 19.2 Å². The Hall–Kier alpha value is -2.62. The van der Waals surface area contributed by atoms with Crippen molar-refractivity contribution in [2.24, 2.45) is 5.14 Å². The number of primary sulfonamides is 1. The lowest BCUT2D eigenvalue weighted by Crippen LogP contribution is -2.16. The topological polar surface area (TPSA) is 116 Å². The molecule has 1 aliphatic rings. The third-order valence-corrected chi connectivity index (χ3v) is 7.20. The van der Waals surface area contributed by atoms with E-state index in [4.69, 9.17) is 9.88 Å². The molecule has 3 N–H and O–H groups in total. The first-order chi connectivity index (χ1) is 13.2. The molecule has 0 radical (unpaired) electrons. The van der Waals surface area contributed by atoms with Crippen molar-refractivity contribution in [3.63, 3.8) is 0 Å². The molecule has 0 heterocycles. The zero-order valence-electron chi connectivity index (χ0n) is 15.0. The maximum atomic E-state index is 13.1. The minimum absolute atomic E-state index is 0.00252. The molecule has 0 spiro atoms. The monoisotopic (exact) mass is 418 g/mol. The van der Waals surface area contributed by atoms with Gasteiger partial charge in [0.2, 0.25) is 10.0 Å². The third-order valence-electron chi connectivity index (χ3n) is 4.87. The molecule has 7 nitrogen and oxygen atoms in total. The van der Waals surface area contributed by atoms with E-state index in [1.54, 1.807) is 12.1 Å². The van der Waals surface area contributed by atoms with Crippen LogP contribution in [0.5, 0.6) is 5.75 Å². The molecule has 0 unspecified atom stereocenters. The molecule has 9 heteroatoms. The smallest absolute Gasteiger partial charge is 0.262 e. The summed E-state index contributed by atoms with van der Waals surface area (Å²) in [6, 6.07) is 12.8. The summed E-state index contributed by atoms with van der Waals surface area (Å²) in [6.45, 7) is 0. The number of hydrogen-bond donors (Lipinski definition) is 2. The molecule has 28 heavy (non-hydrogen) atoms. The highest BCUT2D eigenvalue weighted by Gasteiger charge is 2.24. The summed E-state index contributed by atoms with van der Waals surface area (Å²) >= 11 is 0. The fourth-order valence-electron chi connectivity index (χ4n) is 3.60. The van der Waals surface area contributed by atoms with Gasteiger partial charge in [0, 0.05) is 5.39 Å². The zero-order valence-corrected chi connectivity index (χ0v) is 16.6. The number of aryl methyl sites for hydroxylation is 2. The Labute approximate surface area is 163 Å². The Morgan fingerprint density at radius 1 is 0.964 bits per heavy atom. The number of sulfonamides is 2. The summed E-state index contributed by atoms with van der Waals surface area (Å²) < 4.78 is 57.2. The van der Waals surface area contributed by atoms with Gasteiger partial charge in [0.1, 0.15) is 5.75 Å². The number of hydrogen-bond acceptors (Lipinski definition) is 5. The molecule has 0 saturated carbocycles. The van der Waals surface area contributed by atoms with E-state index < -0.39 is 20.0 Å². The first-order valence-electron chi connectivity index (χ1n) is 8.48. The van der Waals surface area contributed by atoms with Crippen LogP contribution in [0.1, 0.15) is 11.1 Å².